The van der Waals surface area contributed by atoms with Gasteiger partial charge in [-0.2, -0.15) is 0 Å². The molecule has 8 heteroatoms. The van der Waals surface area contributed by atoms with E-state index in [4.69, 9.17) is 9.15 Å². The summed E-state index contributed by atoms with van der Waals surface area (Å²) in [4.78, 5) is 35.1. The highest BCUT2D eigenvalue weighted by Crippen LogP contribution is 2.42. The number of aliphatic hydroxyl groups excluding tert-OH is 1. The number of fused-ring (bicyclic) bond motifs is 1. The summed E-state index contributed by atoms with van der Waals surface area (Å²) in [5.74, 6) is -0.907. The molecule has 2 aromatic carbocycles. The first kappa shape index (κ1) is 20.6. The first-order valence-electron chi connectivity index (χ1n) is 10.5. The Labute approximate surface area is 189 Å². The number of ketones is 1. The molecule has 1 amide bonds. The Kier molecular flexibility index (Phi) is 4.97. The number of imidazole rings is 1. The highest BCUT2D eigenvalue weighted by molar-refractivity contribution is 6.51. The van der Waals surface area contributed by atoms with Crippen LogP contribution in [-0.4, -0.2) is 32.9 Å². The van der Waals surface area contributed by atoms with Crippen molar-refractivity contribution in [3.8, 4) is 5.75 Å². The smallest absolute Gasteiger partial charge is 0.302 e. The molecule has 1 unspecified atom stereocenters. The molecule has 2 N–H and O–H groups in total. The average molecular weight is 443 g/mol. The number of hydrogen-bond acceptors (Lipinski definition) is 6. The van der Waals surface area contributed by atoms with Gasteiger partial charge >= 0.3 is 5.91 Å². The lowest BCUT2D eigenvalue weighted by Crippen LogP contribution is -2.30. The van der Waals surface area contributed by atoms with Crippen LogP contribution in [0.4, 0.5) is 5.95 Å². The maximum atomic E-state index is 13.2. The molecule has 0 bridgehead atoms. The van der Waals surface area contributed by atoms with E-state index in [2.05, 4.69) is 9.97 Å². The Morgan fingerprint density at radius 3 is 2.67 bits per heavy atom. The molecule has 1 saturated heterocycles. The van der Waals surface area contributed by atoms with E-state index >= 15 is 0 Å². The van der Waals surface area contributed by atoms with Gasteiger partial charge in [-0.15, -0.1) is 0 Å². The van der Waals surface area contributed by atoms with E-state index in [1.807, 2.05) is 32.0 Å². The van der Waals surface area contributed by atoms with Gasteiger partial charge in [-0.3, -0.25) is 14.5 Å². The second-order valence-corrected chi connectivity index (χ2v) is 7.96. The van der Waals surface area contributed by atoms with E-state index in [0.29, 0.717) is 28.1 Å². The molecule has 0 radical (unpaired) electrons. The van der Waals surface area contributed by atoms with Crippen LogP contribution in [0, 0.1) is 0 Å². The summed E-state index contributed by atoms with van der Waals surface area (Å²) in [5, 5.41) is 11.2. The molecule has 1 aliphatic heterocycles. The van der Waals surface area contributed by atoms with Crippen LogP contribution in [-0.2, 0) is 9.59 Å². The van der Waals surface area contributed by atoms with Crippen molar-refractivity contribution in [1.29, 1.82) is 0 Å². The predicted molar refractivity (Wildman–Crippen MR) is 122 cm³/mol. The summed E-state index contributed by atoms with van der Waals surface area (Å²) in [7, 11) is 0. The van der Waals surface area contributed by atoms with Crippen LogP contribution in [0.5, 0.6) is 5.75 Å². The monoisotopic (exact) mass is 443 g/mol. The second-order valence-electron chi connectivity index (χ2n) is 7.96. The van der Waals surface area contributed by atoms with Crippen LogP contribution in [0.25, 0.3) is 16.8 Å². The van der Waals surface area contributed by atoms with Crippen LogP contribution in [0.2, 0.25) is 0 Å². The zero-order valence-electron chi connectivity index (χ0n) is 18.0. The third-order valence-corrected chi connectivity index (χ3v) is 5.34. The summed E-state index contributed by atoms with van der Waals surface area (Å²) in [6.45, 7) is 3.78. The number of nitrogens with zero attached hydrogens (tertiary/aromatic N) is 2. The van der Waals surface area contributed by atoms with E-state index in [1.165, 1.54) is 11.2 Å². The zero-order valence-corrected chi connectivity index (χ0v) is 18.0. The van der Waals surface area contributed by atoms with Crippen molar-refractivity contribution in [2.45, 2.75) is 26.0 Å². The maximum Gasteiger partial charge on any atom is 0.302 e. The van der Waals surface area contributed by atoms with Gasteiger partial charge < -0.3 is 19.2 Å². The topological polar surface area (TPSA) is 109 Å². The van der Waals surface area contributed by atoms with E-state index in [-0.39, 0.29) is 23.4 Å². The number of aromatic nitrogens is 2. The molecular formula is C25H21N3O5. The Morgan fingerprint density at radius 1 is 1.12 bits per heavy atom. The lowest BCUT2D eigenvalue weighted by atomic mass is 9.99. The normalized spacial score (nSPS) is 17.9. The molecular weight excluding hydrogens is 422 g/mol. The number of para-hydroxylation sites is 2. The highest BCUT2D eigenvalue weighted by Gasteiger charge is 2.49. The number of ether oxygens (including phenoxy) is 1. The summed E-state index contributed by atoms with van der Waals surface area (Å²) in [6.07, 6.45) is 1.38. The molecule has 5 rings (SSSR count). The number of furan rings is 1. The van der Waals surface area contributed by atoms with Crippen molar-refractivity contribution in [3.63, 3.8) is 0 Å². The van der Waals surface area contributed by atoms with Crippen molar-refractivity contribution in [3.05, 3.63) is 83.8 Å². The van der Waals surface area contributed by atoms with Crippen LogP contribution in [0.3, 0.4) is 0 Å². The number of aromatic amines is 1. The summed E-state index contributed by atoms with van der Waals surface area (Å²) >= 11 is 0. The predicted octanol–water partition coefficient (Wildman–Crippen LogP) is 4.57. The number of Topliss-reactive ketones (excluding diaryl/α,β-unsaturated/α-hetero) is 1. The number of carbonyl (C=O) groups excluding carboxylic acids is 2. The van der Waals surface area contributed by atoms with Crippen molar-refractivity contribution in [1.82, 2.24) is 9.97 Å². The maximum absolute atomic E-state index is 13.2. The van der Waals surface area contributed by atoms with Crippen molar-refractivity contribution < 1.29 is 23.8 Å². The van der Waals surface area contributed by atoms with Gasteiger partial charge in [-0.1, -0.05) is 24.3 Å². The molecule has 1 atom stereocenters. The lowest BCUT2D eigenvalue weighted by molar-refractivity contribution is -0.132. The van der Waals surface area contributed by atoms with Crippen molar-refractivity contribution in [2.24, 2.45) is 0 Å². The summed E-state index contributed by atoms with van der Waals surface area (Å²) < 4.78 is 11.3. The Balaban J connectivity index is 1.67. The molecule has 0 aliphatic carbocycles. The first-order valence-corrected chi connectivity index (χ1v) is 10.5. The zero-order chi connectivity index (χ0) is 23.1. The number of nitrogens with one attached hydrogen (secondary N) is 1. The van der Waals surface area contributed by atoms with Crippen LogP contribution in [0.1, 0.15) is 31.2 Å². The van der Waals surface area contributed by atoms with Gasteiger partial charge in [0.2, 0.25) is 5.95 Å². The summed E-state index contributed by atoms with van der Waals surface area (Å²) in [5.41, 5.74) is 1.63. The van der Waals surface area contributed by atoms with Crippen LogP contribution >= 0.6 is 0 Å². The number of anilines is 1. The number of carbonyl (C=O) groups is 2. The summed E-state index contributed by atoms with van der Waals surface area (Å²) in [6, 6.07) is 16.4. The average Bonchev–Trinajstić information content (AvgIpc) is 3.52. The molecule has 8 nitrogen and oxygen atoms in total. The number of rotatable bonds is 5. The van der Waals surface area contributed by atoms with Crippen molar-refractivity contribution >= 4 is 34.4 Å². The van der Waals surface area contributed by atoms with Gasteiger partial charge in [-0.25, -0.2) is 4.98 Å². The minimum Gasteiger partial charge on any atom is -0.507 e. The third-order valence-electron chi connectivity index (χ3n) is 5.34. The Morgan fingerprint density at radius 2 is 1.94 bits per heavy atom. The highest BCUT2D eigenvalue weighted by atomic mass is 16.5. The van der Waals surface area contributed by atoms with E-state index < -0.39 is 17.7 Å². The minimum atomic E-state index is -0.991. The van der Waals surface area contributed by atoms with Gasteiger partial charge in [0.25, 0.3) is 5.78 Å². The largest absolute Gasteiger partial charge is 0.507 e. The molecule has 0 saturated carbocycles. The number of benzene rings is 2. The molecule has 0 spiro atoms. The minimum absolute atomic E-state index is 0.0656. The number of amides is 1. The first-order chi connectivity index (χ1) is 15.9. The van der Waals surface area contributed by atoms with E-state index in [9.17, 15) is 14.7 Å². The third kappa shape index (κ3) is 3.55. The molecule has 3 heterocycles. The molecule has 1 aliphatic rings. The second kappa shape index (κ2) is 7.98. The quantitative estimate of drug-likeness (QED) is 0.266. The molecule has 4 aromatic rings. The molecule has 33 heavy (non-hydrogen) atoms. The van der Waals surface area contributed by atoms with Crippen molar-refractivity contribution in [2.75, 3.05) is 4.90 Å². The van der Waals surface area contributed by atoms with E-state index in [0.717, 1.165) is 0 Å². The molecule has 2 aromatic heterocycles. The van der Waals surface area contributed by atoms with E-state index in [1.54, 1.807) is 42.5 Å². The van der Waals surface area contributed by atoms with Gasteiger partial charge in [0.15, 0.2) is 0 Å². The fourth-order valence-electron chi connectivity index (χ4n) is 3.96. The standard InChI is InChI=1S/C25H21N3O5/c1-14(2)33-16-8-5-7-15(13-16)22(29)20-21(19-11-6-12-32-19)28(24(31)23(20)30)25-26-17-9-3-4-10-18(17)27-25/h3-14,21,29H,1-2H3,(H,26,27)/b22-20+. The molecule has 166 valence electrons. The van der Waals surface area contributed by atoms with Crippen LogP contribution in [0.15, 0.2) is 76.9 Å². The van der Waals surface area contributed by atoms with Gasteiger partial charge in [0, 0.05) is 5.56 Å². The fourth-order valence-corrected chi connectivity index (χ4v) is 3.96. The number of hydrogen-bond donors (Lipinski definition) is 2. The number of aliphatic hydroxyl groups is 1. The van der Waals surface area contributed by atoms with Gasteiger partial charge in [0.1, 0.15) is 23.3 Å². The Hall–Kier alpha value is -4.33. The Bertz CT molecular complexity index is 1350. The van der Waals surface area contributed by atoms with Gasteiger partial charge in [0.05, 0.1) is 29.0 Å². The van der Waals surface area contributed by atoms with Gasteiger partial charge in [-0.05, 0) is 50.2 Å². The SMILES string of the molecule is CC(C)Oc1cccc(/C(O)=C2\C(=O)C(=O)N(c3nc4ccccc4[nH]3)C2c2ccco2)c1. The fraction of sp³-hybridized carbons (Fsp3) is 0.160. The lowest BCUT2D eigenvalue weighted by Gasteiger charge is -2.20. The molecule has 1 fully saturated rings. The number of H-pyrrole nitrogens is 1. The van der Waals surface area contributed by atoms with Crippen LogP contribution < -0.4 is 9.64 Å².